The van der Waals surface area contributed by atoms with Gasteiger partial charge in [0.05, 0.1) is 23.1 Å². The Balaban J connectivity index is 2.15. The minimum absolute atomic E-state index is 0.260. The number of methoxy groups -OCH3 is 1. The molecule has 0 aliphatic heterocycles. The maximum absolute atomic E-state index is 12.6. The van der Waals surface area contributed by atoms with Gasteiger partial charge in [0.2, 0.25) is 10.0 Å². The third-order valence-corrected chi connectivity index (χ3v) is 5.60. The standard InChI is InChI=1S/C19H24N2O4S/c1-14(2)26(23,24)21-18-7-5-4-6-17(18)19(22)20-16-10-8-15(9-11-16)12-13-25-3/h4-11,14,21H,12-13H2,1-3H3,(H,20,22). The molecule has 0 atom stereocenters. The first-order valence-corrected chi connectivity index (χ1v) is 9.88. The van der Waals surface area contributed by atoms with Crippen molar-refractivity contribution in [2.75, 3.05) is 23.8 Å². The van der Waals surface area contributed by atoms with Gasteiger partial charge >= 0.3 is 0 Å². The molecule has 0 aliphatic rings. The first-order chi connectivity index (χ1) is 12.3. The number of amides is 1. The zero-order chi connectivity index (χ0) is 19.2. The maximum atomic E-state index is 12.6. The third kappa shape index (κ3) is 5.31. The summed E-state index contributed by atoms with van der Waals surface area (Å²) in [6.07, 6.45) is 0.796. The minimum Gasteiger partial charge on any atom is -0.384 e. The van der Waals surface area contributed by atoms with Crippen LogP contribution in [-0.4, -0.2) is 33.3 Å². The predicted octanol–water partition coefficient (Wildman–Crippen LogP) is 3.28. The molecule has 0 unspecified atom stereocenters. The second-order valence-corrected chi connectivity index (χ2v) is 8.37. The van der Waals surface area contributed by atoms with E-state index in [1.54, 1.807) is 45.2 Å². The Morgan fingerprint density at radius 2 is 1.73 bits per heavy atom. The normalized spacial score (nSPS) is 11.4. The Morgan fingerprint density at radius 1 is 1.08 bits per heavy atom. The lowest BCUT2D eigenvalue weighted by molar-refractivity contribution is 0.102. The molecule has 140 valence electrons. The van der Waals surface area contributed by atoms with Crippen molar-refractivity contribution in [2.24, 2.45) is 0 Å². The Bertz CT molecular complexity index is 846. The van der Waals surface area contributed by atoms with Crippen molar-refractivity contribution in [1.82, 2.24) is 0 Å². The monoisotopic (exact) mass is 376 g/mol. The van der Waals surface area contributed by atoms with E-state index in [2.05, 4.69) is 10.0 Å². The van der Waals surface area contributed by atoms with Crippen LogP contribution in [0.4, 0.5) is 11.4 Å². The van der Waals surface area contributed by atoms with Crippen LogP contribution in [0.25, 0.3) is 0 Å². The van der Waals surface area contributed by atoms with Gasteiger partial charge in [0.25, 0.3) is 5.91 Å². The number of anilines is 2. The molecule has 0 saturated carbocycles. The summed E-state index contributed by atoms with van der Waals surface area (Å²) in [5.41, 5.74) is 2.27. The molecule has 0 aliphatic carbocycles. The van der Waals surface area contributed by atoms with Gasteiger partial charge in [-0.2, -0.15) is 0 Å². The number of para-hydroxylation sites is 1. The molecule has 6 nitrogen and oxygen atoms in total. The number of hydrogen-bond donors (Lipinski definition) is 2. The summed E-state index contributed by atoms with van der Waals surface area (Å²) in [5, 5.41) is 2.19. The molecule has 7 heteroatoms. The minimum atomic E-state index is -3.54. The average molecular weight is 376 g/mol. The lowest BCUT2D eigenvalue weighted by Gasteiger charge is -2.14. The van der Waals surface area contributed by atoms with Crippen LogP contribution in [0.3, 0.4) is 0 Å². The molecule has 2 N–H and O–H groups in total. The number of sulfonamides is 1. The van der Waals surface area contributed by atoms with Crippen LogP contribution >= 0.6 is 0 Å². The summed E-state index contributed by atoms with van der Waals surface area (Å²) in [6.45, 7) is 3.79. The summed E-state index contributed by atoms with van der Waals surface area (Å²) in [5.74, 6) is -0.378. The smallest absolute Gasteiger partial charge is 0.257 e. The van der Waals surface area contributed by atoms with Gasteiger partial charge < -0.3 is 10.1 Å². The number of hydrogen-bond acceptors (Lipinski definition) is 4. The highest BCUT2D eigenvalue weighted by atomic mass is 32.2. The lowest BCUT2D eigenvalue weighted by atomic mass is 10.1. The van der Waals surface area contributed by atoms with Crippen molar-refractivity contribution >= 4 is 27.3 Å². The number of ether oxygens (including phenoxy) is 1. The van der Waals surface area contributed by atoms with Crippen LogP contribution in [0.5, 0.6) is 0 Å². The van der Waals surface area contributed by atoms with Gasteiger partial charge in [-0.15, -0.1) is 0 Å². The molecule has 0 aromatic heterocycles. The van der Waals surface area contributed by atoms with Crippen molar-refractivity contribution in [3.63, 3.8) is 0 Å². The largest absolute Gasteiger partial charge is 0.384 e. The fourth-order valence-corrected chi connectivity index (χ4v) is 2.93. The molecule has 0 bridgehead atoms. The molecule has 26 heavy (non-hydrogen) atoms. The topological polar surface area (TPSA) is 84.5 Å². The Morgan fingerprint density at radius 3 is 2.35 bits per heavy atom. The molecule has 2 aromatic carbocycles. The van der Waals surface area contributed by atoms with E-state index in [-0.39, 0.29) is 17.2 Å². The van der Waals surface area contributed by atoms with Gasteiger partial charge in [0, 0.05) is 12.8 Å². The Hall–Kier alpha value is -2.38. The van der Waals surface area contributed by atoms with Crippen LogP contribution < -0.4 is 10.0 Å². The summed E-state index contributed by atoms with van der Waals surface area (Å²) in [7, 11) is -1.88. The van der Waals surface area contributed by atoms with E-state index in [9.17, 15) is 13.2 Å². The van der Waals surface area contributed by atoms with Gasteiger partial charge in [-0.05, 0) is 50.1 Å². The number of carbonyl (C=O) groups is 1. The van der Waals surface area contributed by atoms with Crippen molar-refractivity contribution < 1.29 is 17.9 Å². The second-order valence-electron chi connectivity index (χ2n) is 6.14. The number of carbonyl (C=O) groups excluding carboxylic acids is 1. The predicted molar refractivity (Wildman–Crippen MR) is 104 cm³/mol. The molecule has 0 heterocycles. The molecule has 0 radical (unpaired) electrons. The highest BCUT2D eigenvalue weighted by molar-refractivity contribution is 7.93. The summed E-state index contributed by atoms with van der Waals surface area (Å²) in [6, 6.07) is 14.0. The van der Waals surface area contributed by atoms with E-state index in [1.165, 1.54) is 0 Å². The number of rotatable bonds is 8. The highest BCUT2D eigenvalue weighted by Crippen LogP contribution is 2.20. The zero-order valence-electron chi connectivity index (χ0n) is 15.2. The molecule has 0 fully saturated rings. The summed E-state index contributed by atoms with van der Waals surface area (Å²) >= 11 is 0. The number of nitrogens with one attached hydrogen (secondary N) is 2. The van der Waals surface area contributed by atoms with Crippen molar-refractivity contribution in [2.45, 2.75) is 25.5 Å². The lowest BCUT2D eigenvalue weighted by Crippen LogP contribution is -2.24. The van der Waals surface area contributed by atoms with Crippen LogP contribution in [0.2, 0.25) is 0 Å². The van der Waals surface area contributed by atoms with Crippen molar-refractivity contribution in [3.05, 3.63) is 59.7 Å². The Labute approximate surface area is 154 Å². The molecule has 1 amide bonds. The SMILES string of the molecule is COCCc1ccc(NC(=O)c2ccccc2NS(=O)(=O)C(C)C)cc1. The molecule has 0 saturated heterocycles. The molecule has 2 aromatic rings. The van der Waals surface area contributed by atoms with Crippen molar-refractivity contribution in [3.8, 4) is 0 Å². The van der Waals surface area contributed by atoms with E-state index in [4.69, 9.17) is 4.74 Å². The fraction of sp³-hybridized carbons (Fsp3) is 0.316. The van der Waals surface area contributed by atoms with Crippen LogP contribution in [0.15, 0.2) is 48.5 Å². The van der Waals surface area contributed by atoms with E-state index >= 15 is 0 Å². The summed E-state index contributed by atoms with van der Waals surface area (Å²) < 4.78 is 31.7. The third-order valence-electron chi connectivity index (χ3n) is 3.85. The molecular weight excluding hydrogens is 352 g/mol. The second kappa shape index (κ2) is 8.82. The van der Waals surface area contributed by atoms with Gasteiger partial charge in [-0.25, -0.2) is 8.42 Å². The highest BCUT2D eigenvalue weighted by Gasteiger charge is 2.19. The van der Waals surface area contributed by atoms with Gasteiger partial charge in [-0.3, -0.25) is 9.52 Å². The summed E-state index contributed by atoms with van der Waals surface area (Å²) in [4.78, 5) is 12.6. The van der Waals surface area contributed by atoms with Crippen LogP contribution in [-0.2, 0) is 21.2 Å². The molecule has 2 rings (SSSR count). The fourth-order valence-electron chi connectivity index (χ4n) is 2.21. The number of benzene rings is 2. The van der Waals surface area contributed by atoms with E-state index in [0.717, 1.165) is 12.0 Å². The first kappa shape index (κ1) is 19.9. The van der Waals surface area contributed by atoms with Crippen LogP contribution in [0.1, 0.15) is 29.8 Å². The average Bonchev–Trinajstić information content (AvgIpc) is 2.61. The van der Waals surface area contributed by atoms with Gasteiger partial charge in [-0.1, -0.05) is 24.3 Å². The van der Waals surface area contributed by atoms with Gasteiger partial charge in [0.1, 0.15) is 0 Å². The Kier molecular flexibility index (Phi) is 6.76. The van der Waals surface area contributed by atoms with E-state index < -0.39 is 15.3 Å². The quantitative estimate of drug-likeness (QED) is 0.740. The zero-order valence-corrected chi connectivity index (χ0v) is 16.0. The van der Waals surface area contributed by atoms with Gasteiger partial charge in [0.15, 0.2) is 0 Å². The van der Waals surface area contributed by atoms with Crippen molar-refractivity contribution in [1.29, 1.82) is 0 Å². The van der Waals surface area contributed by atoms with E-state index in [0.29, 0.717) is 12.3 Å². The molecular formula is C19H24N2O4S. The molecule has 0 spiro atoms. The maximum Gasteiger partial charge on any atom is 0.257 e. The first-order valence-electron chi connectivity index (χ1n) is 8.33. The van der Waals surface area contributed by atoms with Crippen LogP contribution in [0, 0.1) is 0 Å². The van der Waals surface area contributed by atoms with E-state index in [1.807, 2.05) is 24.3 Å².